The van der Waals surface area contributed by atoms with Crippen molar-refractivity contribution in [3.05, 3.63) is 36.2 Å². The summed E-state index contributed by atoms with van der Waals surface area (Å²) in [6.45, 7) is 6.87. The molecular formula is C18H23N7O. The van der Waals surface area contributed by atoms with Crippen LogP contribution in [0.1, 0.15) is 25.5 Å². The largest absolute Gasteiger partial charge is 0.383 e. The Bertz CT molecular complexity index is 917. The molecule has 2 aromatic heterocycles. The number of nitrogens with two attached hydrogens (primary N) is 1. The lowest BCUT2D eigenvalue weighted by atomic mass is 10.1. The first-order chi connectivity index (χ1) is 12.5. The third-order valence-corrected chi connectivity index (χ3v) is 4.16. The summed E-state index contributed by atoms with van der Waals surface area (Å²) in [6, 6.07) is 7.76. The fourth-order valence-electron chi connectivity index (χ4n) is 2.77. The van der Waals surface area contributed by atoms with Crippen molar-refractivity contribution in [2.75, 3.05) is 18.8 Å². The monoisotopic (exact) mass is 353 g/mol. The van der Waals surface area contributed by atoms with Crippen LogP contribution < -0.4 is 16.4 Å². The van der Waals surface area contributed by atoms with Crippen molar-refractivity contribution in [1.29, 1.82) is 0 Å². The van der Waals surface area contributed by atoms with E-state index in [1.807, 2.05) is 45.0 Å². The number of nitrogen functional groups attached to an aromatic ring is 1. The highest BCUT2D eigenvalue weighted by Gasteiger charge is 2.20. The van der Waals surface area contributed by atoms with Crippen molar-refractivity contribution in [2.24, 2.45) is 0 Å². The van der Waals surface area contributed by atoms with Gasteiger partial charge in [-0.25, -0.2) is 19.4 Å². The Kier molecular flexibility index (Phi) is 5.01. The molecule has 136 valence electrons. The SMILES string of the molecule is CCNC(=O)NCC(C)n1nc(-c2ccc(C)cc2)c2c(N)ncnc21. The molecule has 0 aliphatic heterocycles. The first kappa shape index (κ1) is 17.7. The molecule has 4 N–H and O–H groups in total. The maximum absolute atomic E-state index is 11.7. The van der Waals surface area contributed by atoms with Crippen LogP contribution in [-0.4, -0.2) is 38.9 Å². The molecule has 3 aromatic rings. The highest BCUT2D eigenvalue weighted by Crippen LogP contribution is 2.31. The van der Waals surface area contributed by atoms with Crippen molar-refractivity contribution in [1.82, 2.24) is 30.4 Å². The van der Waals surface area contributed by atoms with E-state index in [1.165, 1.54) is 11.9 Å². The Hall–Kier alpha value is -3.16. The highest BCUT2D eigenvalue weighted by molar-refractivity contribution is 5.98. The van der Waals surface area contributed by atoms with Gasteiger partial charge in [-0.15, -0.1) is 0 Å². The van der Waals surface area contributed by atoms with Gasteiger partial charge in [0.1, 0.15) is 17.8 Å². The maximum Gasteiger partial charge on any atom is 0.314 e. The molecule has 0 saturated carbocycles. The van der Waals surface area contributed by atoms with Gasteiger partial charge in [-0.1, -0.05) is 29.8 Å². The van der Waals surface area contributed by atoms with E-state index in [1.54, 1.807) is 4.68 Å². The molecular weight excluding hydrogens is 330 g/mol. The van der Waals surface area contributed by atoms with E-state index in [9.17, 15) is 4.79 Å². The molecule has 1 aromatic carbocycles. The van der Waals surface area contributed by atoms with E-state index in [2.05, 4.69) is 20.6 Å². The summed E-state index contributed by atoms with van der Waals surface area (Å²) in [5.74, 6) is 0.390. The van der Waals surface area contributed by atoms with Gasteiger partial charge in [-0.2, -0.15) is 5.10 Å². The summed E-state index contributed by atoms with van der Waals surface area (Å²) < 4.78 is 1.79. The van der Waals surface area contributed by atoms with Gasteiger partial charge < -0.3 is 16.4 Å². The fraction of sp³-hybridized carbons (Fsp3) is 0.333. The quantitative estimate of drug-likeness (QED) is 0.651. The third-order valence-electron chi connectivity index (χ3n) is 4.16. The summed E-state index contributed by atoms with van der Waals surface area (Å²) in [5, 5.41) is 11.0. The summed E-state index contributed by atoms with van der Waals surface area (Å²) in [4.78, 5) is 20.1. The molecule has 0 saturated heterocycles. The van der Waals surface area contributed by atoms with Crippen LogP contribution in [0.5, 0.6) is 0 Å². The van der Waals surface area contributed by atoms with Crippen LogP contribution in [0, 0.1) is 6.92 Å². The van der Waals surface area contributed by atoms with E-state index in [4.69, 9.17) is 10.8 Å². The summed E-state index contributed by atoms with van der Waals surface area (Å²) in [5.41, 5.74) is 9.62. The summed E-state index contributed by atoms with van der Waals surface area (Å²) >= 11 is 0. The number of fused-ring (bicyclic) bond motifs is 1. The van der Waals surface area contributed by atoms with Crippen molar-refractivity contribution in [3.63, 3.8) is 0 Å². The van der Waals surface area contributed by atoms with Crippen LogP contribution in [0.15, 0.2) is 30.6 Å². The predicted octanol–water partition coefficient (Wildman–Crippen LogP) is 2.26. The Balaban J connectivity index is 2.00. The van der Waals surface area contributed by atoms with Crippen LogP contribution in [0.25, 0.3) is 22.3 Å². The number of aryl methyl sites for hydroxylation is 1. The summed E-state index contributed by atoms with van der Waals surface area (Å²) in [6.07, 6.45) is 1.43. The molecule has 3 rings (SSSR count). The second kappa shape index (κ2) is 7.38. The van der Waals surface area contributed by atoms with Crippen LogP contribution >= 0.6 is 0 Å². The standard InChI is InChI=1S/C18H23N7O/c1-4-20-18(26)21-9-12(3)25-17-14(16(19)22-10-23-17)15(24-25)13-7-5-11(2)6-8-13/h5-8,10,12H,4,9H2,1-3H3,(H2,19,22,23)(H2,20,21,26). The van der Waals surface area contributed by atoms with Gasteiger partial charge in [0.2, 0.25) is 0 Å². The molecule has 0 aliphatic carbocycles. The van der Waals surface area contributed by atoms with Gasteiger partial charge in [0.05, 0.1) is 11.4 Å². The fourth-order valence-corrected chi connectivity index (χ4v) is 2.77. The zero-order chi connectivity index (χ0) is 18.7. The number of nitrogens with zero attached hydrogens (tertiary/aromatic N) is 4. The molecule has 0 spiro atoms. The number of urea groups is 1. The predicted molar refractivity (Wildman–Crippen MR) is 102 cm³/mol. The van der Waals surface area contributed by atoms with Crippen molar-refractivity contribution in [3.8, 4) is 11.3 Å². The van der Waals surface area contributed by atoms with Crippen LogP contribution in [-0.2, 0) is 0 Å². The molecule has 26 heavy (non-hydrogen) atoms. The number of aromatic nitrogens is 4. The van der Waals surface area contributed by atoms with Crippen LogP contribution in [0.2, 0.25) is 0 Å². The molecule has 0 bridgehead atoms. The van der Waals surface area contributed by atoms with Gasteiger partial charge >= 0.3 is 6.03 Å². The number of amides is 2. The van der Waals surface area contributed by atoms with Crippen LogP contribution in [0.4, 0.5) is 10.6 Å². The van der Waals surface area contributed by atoms with E-state index >= 15 is 0 Å². The van der Waals surface area contributed by atoms with Crippen molar-refractivity contribution >= 4 is 22.9 Å². The zero-order valence-corrected chi connectivity index (χ0v) is 15.2. The molecule has 2 heterocycles. The molecule has 0 aliphatic rings. The Morgan fingerprint density at radius 1 is 1.23 bits per heavy atom. The van der Waals surface area contributed by atoms with Crippen molar-refractivity contribution in [2.45, 2.75) is 26.8 Å². The van der Waals surface area contributed by atoms with E-state index in [0.29, 0.717) is 24.6 Å². The Labute approximate surface area is 151 Å². The van der Waals surface area contributed by atoms with E-state index in [-0.39, 0.29) is 12.1 Å². The number of carbonyl (C=O) groups excluding carboxylic acids is 1. The number of hydrogen-bond donors (Lipinski definition) is 3. The van der Waals surface area contributed by atoms with Crippen LogP contribution in [0.3, 0.4) is 0 Å². The van der Waals surface area contributed by atoms with E-state index < -0.39 is 0 Å². The smallest absolute Gasteiger partial charge is 0.314 e. The van der Waals surface area contributed by atoms with Gasteiger partial charge in [0.25, 0.3) is 0 Å². The summed E-state index contributed by atoms with van der Waals surface area (Å²) in [7, 11) is 0. The second-order valence-corrected chi connectivity index (χ2v) is 6.21. The number of rotatable bonds is 5. The molecule has 8 heteroatoms. The molecule has 8 nitrogen and oxygen atoms in total. The molecule has 0 fully saturated rings. The third kappa shape index (κ3) is 3.44. The minimum Gasteiger partial charge on any atom is -0.383 e. The van der Waals surface area contributed by atoms with E-state index in [0.717, 1.165) is 16.6 Å². The van der Waals surface area contributed by atoms with Gasteiger partial charge in [0.15, 0.2) is 5.65 Å². The van der Waals surface area contributed by atoms with Gasteiger partial charge in [0, 0.05) is 18.7 Å². The topological polar surface area (TPSA) is 111 Å². The zero-order valence-electron chi connectivity index (χ0n) is 15.2. The maximum atomic E-state index is 11.7. The highest BCUT2D eigenvalue weighted by atomic mass is 16.2. The first-order valence-corrected chi connectivity index (χ1v) is 8.58. The molecule has 1 atom stereocenters. The van der Waals surface area contributed by atoms with Gasteiger partial charge in [-0.3, -0.25) is 0 Å². The normalized spacial score (nSPS) is 12.1. The number of anilines is 1. The lowest BCUT2D eigenvalue weighted by Crippen LogP contribution is -2.38. The molecule has 0 radical (unpaired) electrons. The first-order valence-electron chi connectivity index (χ1n) is 8.58. The minimum atomic E-state index is -0.205. The second-order valence-electron chi connectivity index (χ2n) is 6.21. The number of hydrogen-bond acceptors (Lipinski definition) is 5. The Morgan fingerprint density at radius 2 is 1.96 bits per heavy atom. The van der Waals surface area contributed by atoms with Crippen molar-refractivity contribution < 1.29 is 4.79 Å². The number of benzene rings is 1. The average Bonchev–Trinajstić information content (AvgIpc) is 3.02. The lowest BCUT2D eigenvalue weighted by molar-refractivity contribution is 0.239. The van der Waals surface area contributed by atoms with Gasteiger partial charge in [-0.05, 0) is 20.8 Å². The minimum absolute atomic E-state index is 0.103. The number of carbonyl (C=O) groups is 1. The number of nitrogens with one attached hydrogen (secondary N) is 2. The lowest BCUT2D eigenvalue weighted by Gasteiger charge is -2.14. The Morgan fingerprint density at radius 3 is 2.65 bits per heavy atom. The molecule has 1 unspecified atom stereocenters. The average molecular weight is 353 g/mol. The molecule has 2 amide bonds.